The van der Waals surface area contributed by atoms with Crippen LogP contribution in [-0.4, -0.2) is 9.97 Å². The lowest BCUT2D eigenvalue weighted by atomic mass is 9.77. The summed E-state index contributed by atoms with van der Waals surface area (Å²) in [5.41, 5.74) is 10.7. The zero-order valence-corrected chi connectivity index (χ0v) is 22.1. The van der Waals surface area contributed by atoms with E-state index in [0.29, 0.717) is 0 Å². The second-order valence-electron chi connectivity index (χ2n) is 11.6. The van der Waals surface area contributed by atoms with Crippen LogP contribution in [0.4, 0.5) is 0 Å². The molecule has 5 rings (SSSR count). The molecule has 0 atom stereocenters. The van der Waals surface area contributed by atoms with Gasteiger partial charge in [0.1, 0.15) is 0 Å². The third kappa shape index (κ3) is 4.56. The lowest BCUT2D eigenvalue weighted by Gasteiger charge is -2.28. The molecule has 2 nitrogen and oxygen atoms in total. The highest BCUT2D eigenvalue weighted by atomic mass is 14.7. The Kier molecular flexibility index (Phi) is 6.00. The number of fused-ring (bicyclic) bond motifs is 1. The second kappa shape index (κ2) is 9.02. The van der Waals surface area contributed by atoms with Gasteiger partial charge in [0.15, 0.2) is 0 Å². The highest BCUT2D eigenvalue weighted by Crippen LogP contribution is 2.41. The molecule has 5 aromatic rings. The van der Waals surface area contributed by atoms with Gasteiger partial charge >= 0.3 is 0 Å². The van der Waals surface area contributed by atoms with E-state index in [-0.39, 0.29) is 10.8 Å². The molecular weight excluding hydrogens is 436 g/mol. The normalized spacial score (nSPS) is 12.2. The maximum absolute atomic E-state index is 4.91. The van der Waals surface area contributed by atoms with Crippen LogP contribution in [0.25, 0.3) is 44.4 Å². The van der Waals surface area contributed by atoms with E-state index in [2.05, 4.69) is 113 Å². The van der Waals surface area contributed by atoms with E-state index in [0.717, 1.165) is 22.2 Å². The summed E-state index contributed by atoms with van der Waals surface area (Å²) in [5, 5.41) is 1.16. The number of benzene rings is 3. The van der Waals surface area contributed by atoms with Gasteiger partial charge in [0, 0.05) is 28.9 Å². The number of rotatable bonds is 3. The minimum absolute atomic E-state index is 0.00732. The molecule has 0 aliphatic heterocycles. The first-order valence-electron chi connectivity index (χ1n) is 12.7. The van der Waals surface area contributed by atoms with Crippen LogP contribution < -0.4 is 0 Å². The Bertz CT molecular complexity index is 1530. The maximum Gasteiger partial charge on any atom is 0.0786 e. The third-order valence-electron chi connectivity index (χ3n) is 6.89. The van der Waals surface area contributed by atoms with E-state index in [9.17, 15) is 0 Å². The van der Waals surface area contributed by atoms with Crippen LogP contribution in [0, 0.1) is 0 Å². The Morgan fingerprint density at radius 2 is 1.25 bits per heavy atom. The number of hydrogen-bond donors (Lipinski definition) is 0. The molecule has 0 saturated heterocycles. The van der Waals surface area contributed by atoms with Gasteiger partial charge in [-0.3, -0.25) is 9.97 Å². The monoisotopic (exact) mass is 470 g/mol. The van der Waals surface area contributed by atoms with Gasteiger partial charge in [0.25, 0.3) is 0 Å². The van der Waals surface area contributed by atoms with E-state index >= 15 is 0 Å². The molecule has 0 amide bonds. The molecular formula is C34H34N2. The van der Waals surface area contributed by atoms with Crippen molar-refractivity contribution in [2.24, 2.45) is 0 Å². The number of pyridine rings is 2. The summed E-state index contributed by atoms with van der Waals surface area (Å²) < 4.78 is 0. The van der Waals surface area contributed by atoms with E-state index in [1.165, 1.54) is 33.4 Å². The van der Waals surface area contributed by atoms with Gasteiger partial charge in [-0.2, -0.15) is 0 Å². The van der Waals surface area contributed by atoms with Crippen molar-refractivity contribution in [1.82, 2.24) is 9.97 Å². The average Bonchev–Trinajstić information content (AvgIpc) is 2.87. The second-order valence-corrected chi connectivity index (χ2v) is 11.6. The standard InChI is InChI=1S/C34H34N2/c1-33(2,3)25-15-16-27(30(22-25)34(4,5)6)29-18-17-26(28-13-10-20-36-32(28)29)23-11-9-12-24(21-23)31-14-7-8-19-35-31/h7-22H,1-6H3. The lowest BCUT2D eigenvalue weighted by Crippen LogP contribution is -2.17. The van der Waals surface area contributed by atoms with Crippen molar-refractivity contribution < 1.29 is 0 Å². The zero-order valence-electron chi connectivity index (χ0n) is 22.1. The number of nitrogens with zero attached hydrogens (tertiary/aromatic N) is 2. The van der Waals surface area contributed by atoms with Crippen molar-refractivity contribution in [2.45, 2.75) is 52.4 Å². The fourth-order valence-corrected chi connectivity index (χ4v) is 4.89. The number of hydrogen-bond acceptors (Lipinski definition) is 2. The summed E-state index contributed by atoms with van der Waals surface area (Å²) in [7, 11) is 0. The van der Waals surface area contributed by atoms with E-state index in [1.54, 1.807) is 0 Å². The zero-order chi connectivity index (χ0) is 25.5. The number of aromatic nitrogens is 2. The van der Waals surface area contributed by atoms with Crippen molar-refractivity contribution >= 4 is 10.9 Å². The fourth-order valence-electron chi connectivity index (χ4n) is 4.89. The summed E-state index contributed by atoms with van der Waals surface area (Å²) in [6.07, 6.45) is 3.74. The quantitative estimate of drug-likeness (QED) is 0.263. The first kappa shape index (κ1) is 23.9. The molecule has 180 valence electrons. The summed E-state index contributed by atoms with van der Waals surface area (Å²) in [5.74, 6) is 0. The Morgan fingerprint density at radius 1 is 0.528 bits per heavy atom. The maximum atomic E-state index is 4.91. The smallest absolute Gasteiger partial charge is 0.0786 e. The van der Waals surface area contributed by atoms with Crippen molar-refractivity contribution in [2.75, 3.05) is 0 Å². The Morgan fingerprint density at radius 3 is 1.97 bits per heavy atom. The van der Waals surface area contributed by atoms with Crippen molar-refractivity contribution in [1.29, 1.82) is 0 Å². The molecule has 2 heterocycles. The predicted octanol–water partition coefficient (Wildman–Crippen LogP) is 9.23. The SMILES string of the molecule is CC(C)(C)c1ccc(-c2ccc(-c3cccc(-c4ccccn4)c3)c3cccnc23)c(C(C)(C)C)c1. The Hall–Kier alpha value is -3.78. The minimum Gasteiger partial charge on any atom is -0.256 e. The van der Waals surface area contributed by atoms with Crippen LogP contribution in [0.5, 0.6) is 0 Å². The highest BCUT2D eigenvalue weighted by molar-refractivity contribution is 6.03. The van der Waals surface area contributed by atoms with Crippen LogP contribution in [0.2, 0.25) is 0 Å². The topological polar surface area (TPSA) is 25.8 Å². The van der Waals surface area contributed by atoms with Crippen molar-refractivity contribution in [3.8, 4) is 33.5 Å². The van der Waals surface area contributed by atoms with Crippen LogP contribution in [0.3, 0.4) is 0 Å². The van der Waals surface area contributed by atoms with Crippen LogP contribution in [0.1, 0.15) is 52.7 Å². The van der Waals surface area contributed by atoms with Gasteiger partial charge in [-0.1, -0.05) is 102 Å². The molecule has 36 heavy (non-hydrogen) atoms. The molecule has 0 bridgehead atoms. The van der Waals surface area contributed by atoms with Gasteiger partial charge < -0.3 is 0 Å². The summed E-state index contributed by atoms with van der Waals surface area (Å²) in [4.78, 5) is 9.45. The molecule has 0 unspecified atom stereocenters. The molecule has 0 fully saturated rings. The lowest BCUT2D eigenvalue weighted by molar-refractivity contribution is 0.570. The molecule has 3 aromatic carbocycles. The van der Waals surface area contributed by atoms with Crippen LogP contribution >= 0.6 is 0 Å². The first-order valence-corrected chi connectivity index (χ1v) is 12.7. The first-order chi connectivity index (χ1) is 17.1. The highest BCUT2D eigenvalue weighted by Gasteiger charge is 2.24. The minimum atomic E-state index is 0.00732. The van der Waals surface area contributed by atoms with Crippen molar-refractivity contribution in [3.05, 3.63) is 108 Å². The van der Waals surface area contributed by atoms with E-state index in [4.69, 9.17) is 4.98 Å². The summed E-state index contributed by atoms with van der Waals surface area (Å²) in [6.45, 7) is 13.7. The Balaban J connectivity index is 1.70. The van der Waals surface area contributed by atoms with E-state index < -0.39 is 0 Å². The third-order valence-corrected chi connectivity index (χ3v) is 6.89. The van der Waals surface area contributed by atoms with Crippen LogP contribution in [-0.2, 0) is 10.8 Å². The Labute approximate surface area is 215 Å². The molecule has 0 aliphatic rings. The molecule has 0 radical (unpaired) electrons. The van der Waals surface area contributed by atoms with Gasteiger partial charge in [-0.15, -0.1) is 0 Å². The van der Waals surface area contributed by atoms with Crippen LogP contribution in [0.15, 0.2) is 97.3 Å². The largest absolute Gasteiger partial charge is 0.256 e. The van der Waals surface area contributed by atoms with Gasteiger partial charge in [-0.05, 0) is 62.9 Å². The summed E-state index contributed by atoms with van der Waals surface area (Å²) in [6, 6.07) is 30.4. The molecule has 2 aromatic heterocycles. The fraction of sp³-hybridized carbons (Fsp3) is 0.235. The summed E-state index contributed by atoms with van der Waals surface area (Å²) >= 11 is 0. The molecule has 0 spiro atoms. The van der Waals surface area contributed by atoms with E-state index in [1.807, 2.05) is 30.6 Å². The average molecular weight is 471 g/mol. The van der Waals surface area contributed by atoms with Crippen molar-refractivity contribution in [3.63, 3.8) is 0 Å². The molecule has 0 N–H and O–H groups in total. The molecule has 0 saturated carbocycles. The van der Waals surface area contributed by atoms with Gasteiger partial charge in [0.05, 0.1) is 11.2 Å². The van der Waals surface area contributed by atoms with Gasteiger partial charge in [-0.25, -0.2) is 0 Å². The van der Waals surface area contributed by atoms with Gasteiger partial charge in [0.2, 0.25) is 0 Å². The molecule has 2 heteroatoms. The molecule has 0 aliphatic carbocycles. The predicted molar refractivity (Wildman–Crippen MR) is 153 cm³/mol.